The summed E-state index contributed by atoms with van der Waals surface area (Å²) in [6.45, 7) is 2.57. The molecule has 136 valence electrons. The second kappa shape index (κ2) is 8.50. The zero-order chi connectivity index (χ0) is 17.6. The minimum absolute atomic E-state index is 0.0259. The van der Waals surface area contributed by atoms with Crippen LogP contribution in [0.2, 0.25) is 0 Å². The van der Waals surface area contributed by atoms with Crippen LogP contribution in [0, 0.1) is 5.92 Å². The quantitative estimate of drug-likeness (QED) is 0.760. The summed E-state index contributed by atoms with van der Waals surface area (Å²) in [6, 6.07) is 10.4. The molecular formula is C20H27NO4. The smallest absolute Gasteiger partial charge is 0.286 e. The Kier molecular flexibility index (Phi) is 6.10. The predicted molar refractivity (Wildman–Crippen MR) is 94.7 cm³/mol. The molecule has 1 amide bonds. The number of aliphatic hydroxyl groups excluding tert-OH is 1. The normalized spacial score (nSPS) is 25.8. The molecule has 1 aromatic carbocycles. The Morgan fingerprint density at radius 1 is 1.32 bits per heavy atom. The average Bonchev–Trinajstić information content (AvgIpc) is 3.45. The molecule has 1 aliphatic heterocycles. The van der Waals surface area contributed by atoms with Crippen LogP contribution in [0.1, 0.15) is 44.1 Å². The number of amides is 1. The molecule has 1 fully saturated rings. The van der Waals surface area contributed by atoms with E-state index in [-0.39, 0.29) is 30.4 Å². The van der Waals surface area contributed by atoms with Crippen molar-refractivity contribution in [1.29, 1.82) is 0 Å². The summed E-state index contributed by atoms with van der Waals surface area (Å²) in [6.07, 6.45) is 4.97. The molecule has 0 bridgehead atoms. The minimum atomic E-state index is -0.480. The van der Waals surface area contributed by atoms with E-state index >= 15 is 0 Å². The Hall–Kier alpha value is -1.85. The van der Waals surface area contributed by atoms with Gasteiger partial charge in [0.15, 0.2) is 5.76 Å². The highest BCUT2D eigenvalue weighted by Crippen LogP contribution is 2.39. The van der Waals surface area contributed by atoms with Crippen LogP contribution in [0.15, 0.2) is 42.2 Å². The third kappa shape index (κ3) is 4.61. The minimum Gasteiger partial charge on any atom is -0.459 e. The van der Waals surface area contributed by atoms with E-state index in [1.54, 1.807) is 0 Å². The first-order valence-electron chi connectivity index (χ1n) is 9.19. The molecular weight excluding hydrogens is 318 g/mol. The van der Waals surface area contributed by atoms with Gasteiger partial charge in [0, 0.05) is 31.1 Å². The number of hydrogen-bond donors (Lipinski definition) is 2. The van der Waals surface area contributed by atoms with Gasteiger partial charge < -0.3 is 19.9 Å². The van der Waals surface area contributed by atoms with Crippen molar-refractivity contribution in [1.82, 2.24) is 5.32 Å². The molecule has 3 rings (SSSR count). The third-order valence-electron chi connectivity index (χ3n) is 4.73. The molecule has 0 aromatic heterocycles. The molecule has 25 heavy (non-hydrogen) atoms. The van der Waals surface area contributed by atoms with Crippen molar-refractivity contribution in [2.24, 2.45) is 5.92 Å². The van der Waals surface area contributed by atoms with Gasteiger partial charge >= 0.3 is 0 Å². The van der Waals surface area contributed by atoms with E-state index in [1.807, 2.05) is 31.2 Å². The van der Waals surface area contributed by atoms with Crippen molar-refractivity contribution >= 4 is 5.91 Å². The predicted octanol–water partition coefficient (Wildman–Crippen LogP) is 2.71. The van der Waals surface area contributed by atoms with Crippen LogP contribution in [0.5, 0.6) is 0 Å². The third-order valence-corrected chi connectivity index (χ3v) is 4.73. The van der Waals surface area contributed by atoms with Crippen LogP contribution < -0.4 is 5.32 Å². The van der Waals surface area contributed by atoms with Gasteiger partial charge in [-0.2, -0.15) is 0 Å². The second-order valence-electron chi connectivity index (χ2n) is 6.69. The van der Waals surface area contributed by atoms with Crippen LogP contribution in [0.3, 0.4) is 0 Å². The summed E-state index contributed by atoms with van der Waals surface area (Å²) >= 11 is 0. The van der Waals surface area contributed by atoms with Crippen LogP contribution in [-0.4, -0.2) is 36.6 Å². The van der Waals surface area contributed by atoms with Gasteiger partial charge in [-0.25, -0.2) is 0 Å². The van der Waals surface area contributed by atoms with Gasteiger partial charge in [-0.3, -0.25) is 4.79 Å². The lowest BCUT2D eigenvalue weighted by atomic mass is 9.80. The van der Waals surface area contributed by atoms with Crippen molar-refractivity contribution in [2.75, 3.05) is 13.2 Å². The first kappa shape index (κ1) is 18.0. The number of hydrogen-bond acceptors (Lipinski definition) is 4. The number of benzene rings is 1. The van der Waals surface area contributed by atoms with E-state index in [1.165, 1.54) is 0 Å². The maximum absolute atomic E-state index is 12.5. The summed E-state index contributed by atoms with van der Waals surface area (Å²) in [5.74, 6) is 0.276. The number of nitrogens with one attached hydrogen (secondary N) is 1. The lowest BCUT2D eigenvalue weighted by Gasteiger charge is -2.37. The number of rotatable bonds is 8. The van der Waals surface area contributed by atoms with Crippen molar-refractivity contribution in [3.63, 3.8) is 0 Å². The molecule has 2 N–H and O–H groups in total. The van der Waals surface area contributed by atoms with Crippen LogP contribution in [0.4, 0.5) is 0 Å². The van der Waals surface area contributed by atoms with Crippen LogP contribution >= 0.6 is 0 Å². The highest BCUT2D eigenvalue weighted by atomic mass is 16.7. The monoisotopic (exact) mass is 345 g/mol. The van der Waals surface area contributed by atoms with Crippen molar-refractivity contribution < 1.29 is 19.4 Å². The summed E-state index contributed by atoms with van der Waals surface area (Å²) in [5, 5.41) is 12.2. The van der Waals surface area contributed by atoms with Crippen LogP contribution in [-0.2, 0) is 14.3 Å². The molecule has 5 heteroatoms. The summed E-state index contributed by atoms with van der Waals surface area (Å²) in [5.41, 5.74) is 1.13. The summed E-state index contributed by atoms with van der Waals surface area (Å²) in [7, 11) is 0. The highest BCUT2D eigenvalue weighted by molar-refractivity contribution is 5.92. The lowest BCUT2D eigenvalue weighted by Crippen LogP contribution is -2.39. The molecule has 1 aliphatic carbocycles. The topological polar surface area (TPSA) is 67.8 Å². The Bertz CT molecular complexity index is 597. The number of allylic oxidation sites excluding steroid dienone is 1. The van der Waals surface area contributed by atoms with Gasteiger partial charge in [0.25, 0.3) is 5.91 Å². The average molecular weight is 345 g/mol. The zero-order valence-corrected chi connectivity index (χ0v) is 14.7. The van der Waals surface area contributed by atoms with E-state index in [2.05, 4.69) is 17.4 Å². The number of carbonyl (C=O) groups is 1. The molecule has 1 aromatic rings. The summed E-state index contributed by atoms with van der Waals surface area (Å²) in [4.78, 5) is 12.5. The van der Waals surface area contributed by atoms with E-state index in [0.29, 0.717) is 18.8 Å². The van der Waals surface area contributed by atoms with Gasteiger partial charge in [-0.15, -0.1) is 0 Å². The van der Waals surface area contributed by atoms with E-state index < -0.39 is 6.29 Å². The van der Waals surface area contributed by atoms with Crippen molar-refractivity contribution in [3.8, 4) is 0 Å². The van der Waals surface area contributed by atoms with Gasteiger partial charge in [0.1, 0.15) is 0 Å². The van der Waals surface area contributed by atoms with E-state index in [4.69, 9.17) is 9.47 Å². The Morgan fingerprint density at radius 3 is 2.72 bits per heavy atom. The number of aliphatic hydroxyl groups is 1. The molecule has 1 heterocycles. The largest absolute Gasteiger partial charge is 0.459 e. The molecule has 2 aliphatic rings. The first-order chi connectivity index (χ1) is 12.2. The molecule has 5 nitrogen and oxygen atoms in total. The maximum Gasteiger partial charge on any atom is 0.286 e. The van der Waals surface area contributed by atoms with Gasteiger partial charge in [-0.1, -0.05) is 30.3 Å². The molecule has 1 saturated carbocycles. The van der Waals surface area contributed by atoms with E-state index in [0.717, 1.165) is 24.8 Å². The highest BCUT2D eigenvalue weighted by Gasteiger charge is 2.38. The van der Waals surface area contributed by atoms with Gasteiger partial charge in [0.2, 0.25) is 6.29 Å². The fourth-order valence-corrected chi connectivity index (χ4v) is 3.30. The fourth-order valence-electron chi connectivity index (χ4n) is 3.30. The molecule has 0 radical (unpaired) electrons. The molecule has 3 atom stereocenters. The molecule has 0 saturated heterocycles. The SMILES string of the molecule is CCO[C@@H]1OC(C(=O)NC2CC2)=C[C@H](c2ccccc2)[C@@H]1CCCO. The Labute approximate surface area is 149 Å². The van der Waals surface area contributed by atoms with E-state index in [9.17, 15) is 9.90 Å². The molecule has 0 spiro atoms. The van der Waals surface area contributed by atoms with Gasteiger partial charge in [0.05, 0.1) is 0 Å². The fraction of sp³-hybridized carbons (Fsp3) is 0.550. The standard InChI is InChI=1S/C20H27NO4/c1-2-24-20-16(9-6-12-22)17(14-7-4-3-5-8-14)13-18(25-20)19(23)21-15-10-11-15/h3-5,7-8,13,15-17,20,22H,2,6,9-12H2,1H3,(H,21,23)/t16-,17+,20+/m0/s1. The molecule has 0 unspecified atom stereocenters. The van der Waals surface area contributed by atoms with Gasteiger partial charge in [-0.05, 0) is 44.2 Å². The summed E-state index contributed by atoms with van der Waals surface area (Å²) < 4.78 is 11.7. The van der Waals surface area contributed by atoms with Crippen molar-refractivity contribution in [2.45, 2.75) is 50.9 Å². The number of ether oxygens (including phenoxy) is 2. The lowest BCUT2D eigenvalue weighted by molar-refractivity contribution is -0.166. The second-order valence-corrected chi connectivity index (χ2v) is 6.69. The number of carbonyl (C=O) groups excluding carboxylic acids is 1. The first-order valence-corrected chi connectivity index (χ1v) is 9.19. The van der Waals surface area contributed by atoms with Crippen molar-refractivity contribution in [3.05, 3.63) is 47.7 Å². The Morgan fingerprint density at radius 2 is 2.08 bits per heavy atom. The Balaban J connectivity index is 1.88. The van der Waals surface area contributed by atoms with Crippen LogP contribution in [0.25, 0.3) is 0 Å². The maximum atomic E-state index is 12.5. The zero-order valence-electron chi connectivity index (χ0n) is 14.7.